The van der Waals surface area contributed by atoms with Crippen LogP contribution >= 0.6 is 35.1 Å². The molecule has 1 atom stereocenters. The first-order valence-corrected chi connectivity index (χ1v) is 13.5. The zero-order valence-corrected chi connectivity index (χ0v) is 22.3. The molecule has 0 aliphatic carbocycles. The van der Waals surface area contributed by atoms with Gasteiger partial charge in [-0.3, -0.25) is 4.79 Å². The molecule has 1 unspecified atom stereocenters. The van der Waals surface area contributed by atoms with Crippen molar-refractivity contribution in [2.75, 3.05) is 13.1 Å². The number of unbranched alkanes of at least 4 members (excludes halogenated alkanes) is 2. The van der Waals surface area contributed by atoms with Gasteiger partial charge >= 0.3 is 6.18 Å². The lowest BCUT2D eigenvalue weighted by Crippen LogP contribution is -2.61. The number of rotatable bonds is 6. The predicted molar refractivity (Wildman–Crippen MR) is 137 cm³/mol. The van der Waals surface area contributed by atoms with Crippen molar-refractivity contribution in [1.82, 2.24) is 4.90 Å². The number of carbonyl (C=O) groups is 1. The third-order valence-electron chi connectivity index (χ3n) is 7.31. The monoisotopic (exact) mass is 574 g/mol. The van der Waals surface area contributed by atoms with Crippen molar-refractivity contribution in [3.63, 3.8) is 0 Å². The molecule has 0 bridgehead atoms. The van der Waals surface area contributed by atoms with Crippen molar-refractivity contribution >= 4 is 46.8 Å². The van der Waals surface area contributed by atoms with Gasteiger partial charge < -0.3 is 9.64 Å². The van der Waals surface area contributed by atoms with E-state index in [0.29, 0.717) is 43.6 Å². The SMILES string of the molecule is CCCCCC(=O)N1CC2(C1)OCc1cc(C3=NSC(c4cc(Cl)c(F)c(Cl)c4)(C(F)(F)F)C3)ccc12. The molecule has 0 radical (unpaired) electrons. The number of halogens is 6. The maximum absolute atomic E-state index is 14.4. The number of ether oxygens (including phenoxy) is 1. The number of amides is 1. The lowest BCUT2D eigenvalue weighted by Gasteiger charge is -2.47. The summed E-state index contributed by atoms with van der Waals surface area (Å²) < 4.78 is 65.0. The number of hydrogen-bond donors (Lipinski definition) is 0. The largest absolute Gasteiger partial charge is 0.409 e. The lowest BCUT2D eigenvalue weighted by molar-refractivity contribution is -0.168. The molecule has 37 heavy (non-hydrogen) atoms. The van der Waals surface area contributed by atoms with E-state index in [1.54, 1.807) is 11.0 Å². The molecule has 0 N–H and O–H groups in total. The summed E-state index contributed by atoms with van der Waals surface area (Å²) >= 11 is 12.0. The van der Waals surface area contributed by atoms with Crippen molar-refractivity contribution in [3.8, 4) is 0 Å². The molecule has 1 spiro atoms. The lowest BCUT2D eigenvalue weighted by atomic mass is 9.83. The van der Waals surface area contributed by atoms with Crippen LogP contribution in [-0.4, -0.2) is 35.8 Å². The van der Waals surface area contributed by atoms with Crippen molar-refractivity contribution < 1.29 is 27.1 Å². The highest BCUT2D eigenvalue weighted by atomic mass is 35.5. The van der Waals surface area contributed by atoms with Crippen LogP contribution in [0.2, 0.25) is 10.0 Å². The minimum absolute atomic E-state index is 0.120. The van der Waals surface area contributed by atoms with Gasteiger partial charge in [-0.15, -0.1) is 0 Å². The van der Waals surface area contributed by atoms with Crippen LogP contribution in [0.15, 0.2) is 34.7 Å². The number of nitrogens with zero attached hydrogens (tertiary/aromatic N) is 2. The van der Waals surface area contributed by atoms with Crippen LogP contribution in [0.4, 0.5) is 17.6 Å². The van der Waals surface area contributed by atoms with Crippen LogP contribution in [0.5, 0.6) is 0 Å². The number of likely N-dealkylation sites (tertiary alicyclic amines) is 1. The second-order valence-electron chi connectivity index (χ2n) is 9.75. The number of fused-ring (bicyclic) bond motifs is 2. The van der Waals surface area contributed by atoms with E-state index in [-0.39, 0.29) is 17.2 Å². The number of alkyl halides is 3. The van der Waals surface area contributed by atoms with Gasteiger partial charge in [0.05, 0.1) is 35.5 Å². The van der Waals surface area contributed by atoms with Gasteiger partial charge in [-0.1, -0.05) is 55.1 Å². The van der Waals surface area contributed by atoms with E-state index in [1.165, 1.54) is 0 Å². The molecule has 1 amide bonds. The highest BCUT2D eigenvalue weighted by molar-refractivity contribution is 7.99. The molecule has 0 aromatic heterocycles. The standard InChI is InChI=1S/C26H24Cl2F4N2O2S/c1-2-3-4-5-22(35)34-13-24(14-34)18-7-6-15(8-16(18)12-36-24)21-11-25(37-33-21,26(30,31)32)17-9-19(27)23(29)20(28)10-17/h6-10H,2-5,11-14H2,1H3. The summed E-state index contributed by atoms with van der Waals surface area (Å²) in [7, 11) is 0. The van der Waals surface area contributed by atoms with E-state index in [2.05, 4.69) is 11.3 Å². The molecule has 3 aliphatic rings. The first-order valence-electron chi connectivity index (χ1n) is 12.0. The van der Waals surface area contributed by atoms with E-state index in [4.69, 9.17) is 27.9 Å². The van der Waals surface area contributed by atoms with Crippen molar-refractivity contribution in [1.29, 1.82) is 0 Å². The zero-order chi connectivity index (χ0) is 26.6. The summed E-state index contributed by atoms with van der Waals surface area (Å²) in [6.45, 7) is 3.36. The Kier molecular flexibility index (Phi) is 7.05. The maximum Gasteiger partial charge on any atom is 0.409 e. The van der Waals surface area contributed by atoms with Gasteiger partial charge in [-0.2, -0.15) is 13.2 Å². The van der Waals surface area contributed by atoms with Crippen molar-refractivity contribution in [2.45, 2.75) is 62.2 Å². The second kappa shape index (κ2) is 9.74. The molecular weight excluding hydrogens is 551 g/mol. The summed E-state index contributed by atoms with van der Waals surface area (Å²) in [6.07, 6.45) is -1.68. The molecule has 3 heterocycles. The van der Waals surface area contributed by atoms with Gasteiger partial charge in [0, 0.05) is 12.8 Å². The minimum Gasteiger partial charge on any atom is -0.362 e. The average molecular weight is 575 g/mol. The first kappa shape index (κ1) is 26.8. The Hall–Kier alpha value is -1.81. The number of carbonyl (C=O) groups excluding carboxylic acids is 1. The van der Waals surface area contributed by atoms with Crippen molar-refractivity contribution in [3.05, 3.63) is 68.4 Å². The molecule has 2 aromatic carbocycles. The number of benzene rings is 2. The van der Waals surface area contributed by atoms with Crippen LogP contribution in [0.1, 0.15) is 61.3 Å². The molecular formula is C26H24Cl2F4N2O2S. The molecule has 1 fully saturated rings. The summed E-state index contributed by atoms with van der Waals surface area (Å²) in [6, 6.07) is 7.36. The maximum atomic E-state index is 14.4. The molecule has 1 saturated heterocycles. The highest BCUT2D eigenvalue weighted by Gasteiger charge is 2.60. The molecule has 4 nitrogen and oxygen atoms in total. The fourth-order valence-electron chi connectivity index (χ4n) is 5.17. The Morgan fingerprint density at radius 3 is 2.51 bits per heavy atom. The molecule has 198 valence electrons. The van der Waals surface area contributed by atoms with E-state index in [1.807, 2.05) is 12.1 Å². The van der Waals surface area contributed by atoms with Crippen LogP contribution in [0, 0.1) is 5.82 Å². The van der Waals surface area contributed by atoms with Crippen LogP contribution in [0.3, 0.4) is 0 Å². The first-order chi connectivity index (χ1) is 17.5. The predicted octanol–water partition coefficient (Wildman–Crippen LogP) is 7.58. The Balaban J connectivity index is 1.35. The molecule has 11 heteroatoms. The summed E-state index contributed by atoms with van der Waals surface area (Å²) in [5.41, 5.74) is 1.85. The second-order valence-corrected chi connectivity index (χ2v) is 11.6. The quantitative estimate of drug-likeness (QED) is 0.154. The van der Waals surface area contributed by atoms with Gasteiger partial charge in [-0.25, -0.2) is 8.79 Å². The fourth-order valence-corrected chi connectivity index (χ4v) is 6.62. The van der Waals surface area contributed by atoms with Gasteiger partial charge in [0.15, 0.2) is 10.6 Å². The van der Waals surface area contributed by atoms with Crippen LogP contribution in [0.25, 0.3) is 0 Å². The molecule has 3 aliphatic heterocycles. The van der Waals surface area contributed by atoms with Gasteiger partial charge in [0.1, 0.15) is 5.60 Å². The minimum atomic E-state index is -4.70. The van der Waals surface area contributed by atoms with E-state index >= 15 is 0 Å². The summed E-state index contributed by atoms with van der Waals surface area (Å²) in [5.74, 6) is -0.840. The van der Waals surface area contributed by atoms with Gasteiger partial charge in [0.2, 0.25) is 5.91 Å². The van der Waals surface area contributed by atoms with Gasteiger partial charge in [0.25, 0.3) is 0 Å². The molecule has 2 aromatic rings. The average Bonchev–Trinajstić information content (AvgIpc) is 3.44. The third-order valence-corrected chi connectivity index (χ3v) is 9.09. The highest BCUT2D eigenvalue weighted by Crippen LogP contribution is 2.57. The Bertz CT molecular complexity index is 1260. The van der Waals surface area contributed by atoms with Crippen molar-refractivity contribution in [2.24, 2.45) is 4.40 Å². The van der Waals surface area contributed by atoms with E-state index in [9.17, 15) is 22.4 Å². The Morgan fingerprint density at radius 1 is 1.16 bits per heavy atom. The topological polar surface area (TPSA) is 41.9 Å². The van der Waals surface area contributed by atoms with E-state index < -0.39 is 38.8 Å². The smallest absolute Gasteiger partial charge is 0.362 e. The van der Waals surface area contributed by atoms with Gasteiger partial charge in [-0.05, 0) is 58.8 Å². The fraction of sp³-hybridized carbons (Fsp3) is 0.462. The Morgan fingerprint density at radius 2 is 1.86 bits per heavy atom. The molecule has 5 rings (SSSR count). The van der Waals surface area contributed by atoms with Crippen LogP contribution < -0.4 is 0 Å². The normalized spacial score (nSPS) is 22.2. The van der Waals surface area contributed by atoms with E-state index in [0.717, 1.165) is 42.5 Å². The zero-order valence-electron chi connectivity index (χ0n) is 19.9. The third kappa shape index (κ3) is 4.56. The Labute approximate surface area is 226 Å². The number of hydrogen-bond acceptors (Lipinski definition) is 4. The molecule has 0 saturated carbocycles. The summed E-state index contributed by atoms with van der Waals surface area (Å²) in [5, 5.41) is -0.947. The van der Waals surface area contributed by atoms with Crippen LogP contribution in [-0.2, 0) is 26.5 Å². The summed E-state index contributed by atoms with van der Waals surface area (Å²) in [4.78, 5) is 14.2.